The Balaban J connectivity index is 1.85. The Labute approximate surface area is 116 Å². The zero-order valence-corrected chi connectivity index (χ0v) is 11.8. The van der Waals surface area contributed by atoms with Crippen molar-refractivity contribution >= 4 is 23.1 Å². The molecule has 1 nitrogen and oxygen atoms in total. The van der Waals surface area contributed by atoms with Crippen LogP contribution in [0.4, 0.5) is 0 Å². The topological polar surface area (TPSA) is 4.93 Å². The van der Waals surface area contributed by atoms with Crippen molar-refractivity contribution in [1.82, 2.24) is 4.57 Å². The molecule has 2 aliphatic heterocycles. The number of aromatic nitrogens is 1. The summed E-state index contributed by atoms with van der Waals surface area (Å²) in [6.45, 7) is 0.841. The van der Waals surface area contributed by atoms with Gasteiger partial charge in [-0.3, -0.25) is 0 Å². The Morgan fingerprint density at radius 1 is 1.00 bits per heavy atom. The van der Waals surface area contributed by atoms with Gasteiger partial charge in [0.25, 0.3) is 0 Å². The first-order chi connectivity index (χ1) is 9.34. The normalized spacial score (nSPS) is 26.9. The summed E-state index contributed by atoms with van der Waals surface area (Å²) in [5.41, 5.74) is 3.05. The number of nitrogens with zero attached hydrogens (tertiary/aromatic N) is 1. The van der Waals surface area contributed by atoms with Crippen molar-refractivity contribution in [3.05, 3.63) is 30.5 Å². The van der Waals surface area contributed by atoms with E-state index in [0.29, 0.717) is 0 Å². The molecule has 0 aliphatic carbocycles. The van der Waals surface area contributed by atoms with E-state index in [4.69, 9.17) is 0 Å². The van der Waals surface area contributed by atoms with Gasteiger partial charge in [-0.1, -0.05) is 73.8 Å². The van der Waals surface area contributed by atoms with Crippen molar-refractivity contribution in [2.24, 2.45) is 7.05 Å². The summed E-state index contributed by atoms with van der Waals surface area (Å²) in [6.07, 6.45) is 11.2. The fourth-order valence-corrected chi connectivity index (χ4v) is 4.82. The van der Waals surface area contributed by atoms with Crippen molar-refractivity contribution < 1.29 is 0 Å². The van der Waals surface area contributed by atoms with Crippen LogP contribution in [0.15, 0.2) is 30.5 Å². The molecule has 0 atom stereocenters. The predicted molar refractivity (Wildman–Crippen MR) is 83.5 cm³/mol. The van der Waals surface area contributed by atoms with Gasteiger partial charge in [-0.15, -0.1) is 0 Å². The second kappa shape index (κ2) is 4.43. The highest BCUT2D eigenvalue weighted by Gasteiger charge is 2.41. The fourth-order valence-electron chi connectivity index (χ4n) is 4.82. The maximum atomic E-state index is 2.42. The number of rotatable bonds is 1. The molecule has 2 bridgehead atoms. The minimum atomic E-state index is 0.841. The number of hydrogen-bond acceptors (Lipinski definition) is 0. The average Bonchev–Trinajstić information content (AvgIpc) is 2.76. The number of para-hydroxylation sites is 1. The van der Waals surface area contributed by atoms with Gasteiger partial charge in [0.15, 0.2) is 6.71 Å². The number of fused-ring (bicyclic) bond motifs is 3. The van der Waals surface area contributed by atoms with Crippen molar-refractivity contribution in [3.8, 4) is 0 Å². The Morgan fingerprint density at radius 3 is 2.32 bits per heavy atom. The Hall–Kier alpha value is -1.18. The summed E-state index contributed by atoms with van der Waals surface area (Å²) in [5.74, 6) is 1.91. The molecule has 2 heteroatoms. The van der Waals surface area contributed by atoms with Crippen LogP contribution in [0, 0.1) is 0 Å². The third-order valence-corrected chi connectivity index (χ3v) is 5.60. The summed E-state index contributed by atoms with van der Waals surface area (Å²) < 4.78 is 2.33. The highest BCUT2D eigenvalue weighted by molar-refractivity contribution is 6.78. The van der Waals surface area contributed by atoms with E-state index < -0.39 is 0 Å². The number of hydrogen-bond donors (Lipinski definition) is 0. The van der Waals surface area contributed by atoms with Gasteiger partial charge in [0.05, 0.1) is 0 Å². The van der Waals surface area contributed by atoms with Gasteiger partial charge >= 0.3 is 0 Å². The lowest BCUT2D eigenvalue weighted by Gasteiger charge is -2.40. The summed E-state index contributed by atoms with van der Waals surface area (Å²) in [7, 11) is 2.20. The highest BCUT2D eigenvalue weighted by Crippen LogP contribution is 2.46. The van der Waals surface area contributed by atoms with Crippen LogP contribution >= 0.6 is 0 Å². The third-order valence-electron chi connectivity index (χ3n) is 5.60. The lowest BCUT2D eigenvalue weighted by molar-refractivity contribution is 0.448. The maximum Gasteiger partial charge on any atom is 0.185 e. The molecule has 0 saturated carbocycles. The van der Waals surface area contributed by atoms with E-state index in [1.807, 2.05) is 0 Å². The first kappa shape index (κ1) is 11.6. The lowest BCUT2D eigenvalue weighted by atomic mass is 9.25. The Bertz CT molecular complexity index is 578. The van der Waals surface area contributed by atoms with E-state index >= 15 is 0 Å². The van der Waals surface area contributed by atoms with Crippen molar-refractivity contribution in [2.75, 3.05) is 0 Å². The minimum absolute atomic E-state index is 0.841. The molecule has 0 spiro atoms. The molecule has 2 saturated heterocycles. The van der Waals surface area contributed by atoms with E-state index in [2.05, 4.69) is 42.1 Å². The fraction of sp³-hybridized carbons (Fsp3) is 0.529. The zero-order chi connectivity index (χ0) is 12.8. The predicted octanol–water partition coefficient (Wildman–Crippen LogP) is 3.99. The van der Waals surface area contributed by atoms with Crippen LogP contribution in [0.25, 0.3) is 10.9 Å². The largest absolute Gasteiger partial charge is 0.351 e. The van der Waals surface area contributed by atoms with Gasteiger partial charge in [-0.2, -0.15) is 0 Å². The van der Waals surface area contributed by atoms with Crippen molar-refractivity contribution in [2.45, 2.75) is 50.2 Å². The summed E-state index contributed by atoms with van der Waals surface area (Å²) in [4.78, 5) is 0. The van der Waals surface area contributed by atoms with E-state index in [0.717, 1.165) is 18.3 Å². The van der Waals surface area contributed by atoms with Gasteiger partial charge in [-0.25, -0.2) is 0 Å². The van der Waals surface area contributed by atoms with Crippen LogP contribution in [0.5, 0.6) is 0 Å². The summed E-state index contributed by atoms with van der Waals surface area (Å²) in [6, 6.07) is 8.95. The van der Waals surface area contributed by atoms with E-state index in [1.165, 1.54) is 49.4 Å². The SMILES string of the molecule is Cn1cc(B2C3CCCC2CCC3)c2ccccc21. The van der Waals surface area contributed by atoms with Gasteiger partial charge in [0.1, 0.15) is 0 Å². The summed E-state index contributed by atoms with van der Waals surface area (Å²) in [5, 5.41) is 1.51. The van der Waals surface area contributed by atoms with Crippen LogP contribution in [0.3, 0.4) is 0 Å². The van der Waals surface area contributed by atoms with Crippen molar-refractivity contribution in [1.29, 1.82) is 0 Å². The minimum Gasteiger partial charge on any atom is -0.351 e. The molecule has 2 fully saturated rings. The first-order valence-electron chi connectivity index (χ1n) is 7.88. The molecule has 0 unspecified atom stereocenters. The van der Waals surface area contributed by atoms with E-state index in [1.54, 1.807) is 5.46 Å². The van der Waals surface area contributed by atoms with Crippen LogP contribution in [-0.2, 0) is 7.05 Å². The van der Waals surface area contributed by atoms with Gasteiger partial charge in [0.2, 0.25) is 0 Å². The van der Waals surface area contributed by atoms with E-state index in [-0.39, 0.29) is 0 Å². The number of benzene rings is 1. The molecular formula is C17H22BN. The molecule has 19 heavy (non-hydrogen) atoms. The van der Waals surface area contributed by atoms with Crippen molar-refractivity contribution in [3.63, 3.8) is 0 Å². The molecule has 3 heterocycles. The smallest absolute Gasteiger partial charge is 0.185 e. The quantitative estimate of drug-likeness (QED) is 0.675. The van der Waals surface area contributed by atoms with E-state index in [9.17, 15) is 0 Å². The molecule has 1 aromatic carbocycles. The molecule has 0 N–H and O–H groups in total. The molecule has 2 aromatic rings. The summed E-state index contributed by atoms with van der Waals surface area (Å²) >= 11 is 0. The third kappa shape index (κ3) is 1.76. The molecule has 98 valence electrons. The van der Waals surface area contributed by atoms with Crippen LogP contribution < -0.4 is 5.46 Å². The Morgan fingerprint density at radius 2 is 1.63 bits per heavy atom. The highest BCUT2D eigenvalue weighted by atomic mass is 14.9. The second-order valence-electron chi connectivity index (χ2n) is 6.62. The second-order valence-corrected chi connectivity index (χ2v) is 6.62. The van der Waals surface area contributed by atoms with Gasteiger partial charge < -0.3 is 4.57 Å². The van der Waals surface area contributed by atoms with Crippen LogP contribution in [0.1, 0.15) is 38.5 Å². The molecule has 1 aromatic heterocycles. The lowest BCUT2D eigenvalue weighted by Crippen LogP contribution is -2.44. The first-order valence-corrected chi connectivity index (χ1v) is 7.88. The average molecular weight is 251 g/mol. The molecular weight excluding hydrogens is 229 g/mol. The van der Waals surface area contributed by atoms with Gasteiger partial charge in [-0.05, 0) is 17.6 Å². The monoisotopic (exact) mass is 251 g/mol. The molecule has 4 rings (SSSR count). The van der Waals surface area contributed by atoms with Crippen LogP contribution in [0.2, 0.25) is 11.6 Å². The van der Waals surface area contributed by atoms with Gasteiger partial charge in [0, 0.05) is 12.6 Å². The molecule has 0 radical (unpaired) electrons. The van der Waals surface area contributed by atoms with Crippen LogP contribution in [-0.4, -0.2) is 11.3 Å². The maximum absolute atomic E-state index is 2.42. The Kier molecular flexibility index (Phi) is 2.72. The number of aryl methyl sites for hydroxylation is 1. The molecule has 2 aliphatic rings. The molecule has 0 amide bonds. The standard InChI is InChI=1S/C17H22BN/c1-19-12-16(15-10-2-3-11-17(15)19)18-13-6-4-7-14(18)9-5-8-13/h2-3,10-14H,4-9H2,1H3. The zero-order valence-electron chi connectivity index (χ0n) is 11.8.